The van der Waals surface area contributed by atoms with Crippen LogP contribution in [0.1, 0.15) is 18.4 Å². The molecule has 4 rings (SSSR count). The van der Waals surface area contributed by atoms with Crippen LogP contribution in [0.15, 0.2) is 73.1 Å². The molecule has 0 unspecified atom stereocenters. The fourth-order valence-electron chi connectivity index (χ4n) is 3.63. The van der Waals surface area contributed by atoms with Crippen molar-refractivity contribution in [2.45, 2.75) is 19.3 Å². The van der Waals surface area contributed by atoms with Crippen molar-refractivity contribution in [3.63, 3.8) is 0 Å². The monoisotopic (exact) mass is 430 g/mol. The Kier molecular flexibility index (Phi) is 6.55. The summed E-state index contributed by atoms with van der Waals surface area (Å²) in [5.74, 6) is -0.610. The molecule has 2 aromatic carbocycles. The number of carbonyl (C=O) groups is 2. The molecule has 32 heavy (non-hydrogen) atoms. The third kappa shape index (κ3) is 5.18. The largest absolute Gasteiger partial charge is 0.356 e. The molecule has 3 N–H and O–H groups in total. The van der Waals surface area contributed by atoms with E-state index in [-0.39, 0.29) is 37.0 Å². The van der Waals surface area contributed by atoms with E-state index >= 15 is 0 Å². The maximum Gasteiger partial charge on any atom is 0.226 e. The van der Waals surface area contributed by atoms with Gasteiger partial charge in [-0.05, 0) is 60.0 Å². The van der Waals surface area contributed by atoms with E-state index in [9.17, 15) is 14.0 Å². The predicted octanol–water partition coefficient (Wildman–Crippen LogP) is 4.45. The van der Waals surface area contributed by atoms with E-state index in [1.54, 1.807) is 36.7 Å². The van der Waals surface area contributed by atoms with Gasteiger partial charge in [-0.3, -0.25) is 14.6 Å². The van der Waals surface area contributed by atoms with E-state index in [1.165, 1.54) is 12.1 Å². The lowest BCUT2D eigenvalue weighted by molar-refractivity contribution is -0.121. The van der Waals surface area contributed by atoms with Crippen molar-refractivity contribution in [1.82, 2.24) is 15.3 Å². The van der Waals surface area contributed by atoms with Crippen LogP contribution in [-0.2, 0) is 16.0 Å². The van der Waals surface area contributed by atoms with Crippen LogP contribution in [0.5, 0.6) is 0 Å². The molecule has 0 radical (unpaired) electrons. The van der Waals surface area contributed by atoms with E-state index in [4.69, 9.17) is 0 Å². The van der Waals surface area contributed by atoms with Crippen LogP contribution >= 0.6 is 0 Å². The van der Waals surface area contributed by atoms with Crippen molar-refractivity contribution in [1.29, 1.82) is 0 Å². The fraction of sp³-hybridized carbons (Fsp3) is 0.160. The summed E-state index contributed by atoms with van der Waals surface area (Å²) in [7, 11) is 0. The number of nitrogens with zero attached hydrogens (tertiary/aromatic N) is 1. The number of nitrogens with one attached hydrogen (secondary N) is 3. The molecule has 6 nitrogen and oxygen atoms in total. The zero-order valence-corrected chi connectivity index (χ0v) is 17.4. The third-order valence-corrected chi connectivity index (χ3v) is 5.17. The molecular formula is C25H23FN4O2. The maximum atomic E-state index is 13.4. The number of aromatic nitrogens is 2. The first-order valence-corrected chi connectivity index (χ1v) is 10.4. The standard InChI is InChI=1S/C25H23FN4O2/c26-18-9-7-17(8-10-18)25-21(20-5-1-2-6-22(20)30-25)11-12-23(31)28-15-13-24(32)29-19-4-3-14-27-16-19/h1-10,14,16,30H,11-13,15H2,(H,28,31)(H,29,32). The Morgan fingerprint density at radius 1 is 0.938 bits per heavy atom. The number of pyridine rings is 1. The van der Waals surface area contributed by atoms with Crippen LogP contribution in [0, 0.1) is 5.82 Å². The number of halogens is 1. The molecule has 0 spiro atoms. The molecule has 7 heteroatoms. The number of aromatic amines is 1. The first-order chi connectivity index (χ1) is 15.6. The summed E-state index contributed by atoms with van der Waals surface area (Å²) in [5, 5.41) is 6.58. The van der Waals surface area contributed by atoms with Crippen molar-refractivity contribution in [3.05, 3.63) is 84.4 Å². The predicted molar refractivity (Wildman–Crippen MR) is 123 cm³/mol. The van der Waals surface area contributed by atoms with Crippen LogP contribution in [0.3, 0.4) is 0 Å². The van der Waals surface area contributed by atoms with E-state index < -0.39 is 0 Å². The number of hydrogen-bond acceptors (Lipinski definition) is 3. The Hall–Kier alpha value is -4.00. The lowest BCUT2D eigenvalue weighted by atomic mass is 10.0. The van der Waals surface area contributed by atoms with Crippen LogP contribution in [0.25, 0.3) is 22.2 Å². The summed E-state index contributed by atoms with van der Waals surface area (Å²) in [6.45, 7) is 0.254. The molecule has 0 saturated carbocycles. The summed E-state index contributed by atoms with van der Waals surface area (Å²) < 4.78 is 13.4. The molecule has 0 fully saturated rings. The highest BCUT2D eigenvalue weighted by atomic mass is 19.1. The first kappa shape index (κ1) is 21.2. The minimum absolute atomic E-state index is 0.130. The van der Waals surface area contributed by atoms with Gasteiger partial charge in [0.2, 0.25) is 11.8 Å². The molecule has 2 amide bonds. The second-order valence-electron chi connectivity index (χ2n) is 7.42. The number of anilines is 1. The third-order valence-electron chi connectivity index (χ3n) is 5.17. The van der Waals surface area contributed by atoms with Gasteiger partial charge in [0.25, 0.3) is 0 Å². The Morgan fingerprint density at radius 2 is 1.75 bits per heavy atom. The summed E-state index contributed by atoms with van der Waals surface area (Å²) >= 11 is 0. The van der Waals surface area contributed by atoms with Gasteiger partial charge in [-0.1, -0.05) is 18.2 Å². The summed E-state index contributed by atoms with van der Waals surface area (Å²) in [4.78, 5) is 31.7. The normalized spacial score (nSPS) is 10.8. The molecule has 0 aliphatic carbocycles. The van der Waals surface area contributed by atoms with Gasteiger partial charge in [-0.25, -0.2) is 4.39 Å². The SMILES string of the molecule is O=C(CCc1c(-c2ccc(F)cc2)[nH]c2ccccc12)NCCC(=O)Nc1cccnc1. The van der Waals surface area contributed by atoms with Crippen molar-refractivity contribution >= 4 is 28.4 Å². The summed E-state index contributed by atoms with van der Waals surface area (Å²) in [6, 6.07) is 17.7. The van der Waals surface area contributed by atoms with Crippen LogP contribution < -0.4 is 10.6 Å². The van der Waals surface area contributed by atoms with Crippen LogP contribution in [0.4, 0.5) is 10.1 Å². The molecule has 0 aliphatic heterocycles. The molecule has 4 aromatic rings. The van der Waals surface area contributed by atoms with Crippen LogP contribution in [0.2, 0.25) is 0 Å². The van der Waals surface area contributed by atoms with Gasteiger partial charge in [0.15, 0.2) is 0 Å². The summed E-state index contributed by atoms with van der Waals surface area (Å²) in [5.41, 5.74) is 4.35. The minimum Gasteiger partial charge on any atom is -0.356 e. The molecule has 0 aliphatic rings. The quantitative estimate of drug-likeness (QED) is 0.386. The Bertz CT molecular complexity index is 1220. The second-order valence-corrected chi connectivity index (χ2v) is 7.42. The highest BCUT2D eigenvalue weighted by molar-refractivity contribution is 5.92. The smallest absolute Gasteiger partial charge is 0.226 e. The number of benzene rings is 2. The number of carbonyl (C=O) groups excluding carboxylic acids is 2. The Morgan fingerprint density at radius 3 is 2.53 bits per heavy atom. The van der Waals surface area contributed by atoms with Crippen molar-refractivity contribution < 1.29 is 14.0 Å². The minimum atomic E-state index is -0.293. The zero-order valence-electron chi connectivity index (χ0n) is 17.4. The maximum absolute atomic E-state index is 13.4. The molecule has 0 atom stereocenters. The van der Waals surface area contributed by atoms with Crippen molar-refractivity contribution in [2.24, 2.45) is 0 Å². The molecule has 162 valence electrons. The average molecular weight is 430 g/mol. The number of fused-ring (bicyclic) bond motifs is 1. The lowest BCUT2D eigenvalue weighted by Crippen LogP contribution is -2.27. The van der Waals surface area contributed by atoms with Crippen molar-refractivity contribution in [2.75, 3.05) is 11.9 Å². The number of rotatable bonds is 8. The van der Waals surface area contributed by atoms with Gasteiger partial charge in [0.05, 0.1) is 11.9 Å². The van der Waals surface area contributed by atoms with E-state index in [2.05, 4.69) is 20.6 Å². The highest BCUT2D eigenvalue weighted by Crippen LogP contribution is 2.31. The van der Waals surface area contributed by atoms with Crippen LogP contribution in [-0.4, -0.2) is 28.3 Å². The highest BCUT2D eigenvalue weighted by Gasteiger charge is 2.14. The molecule has 0 bridgehead atoms. The second kappa shape index (κ2) is 9.87. The number of hydrogen-bond donors (Lipinski definition) is 3. The van der Waals surface area contributed by atoms with Gasteiger partial charge in [-0.15, -0.1) is 0 Å². The van der Waals surface area contributed by atoms with E-state index in [0.717, 1.165) is 27.7 Å². The molecule has 0 saturated heterocycles. The first-order valence-electron chi connectivity index (χ1n) is 10.4. The number of aryl methyl sites for hydroxylation is 1. The number of para-hydroxylation sites is 1. The molecular weight excluding hydrogens is 407 g/mol. The van der Waals surface area contributed by atoms with E-state index in [1.807, 2.05) is 24.3 Å². The van der Waals surface area contributed by atoms with Gasteiger partial charge in [0, 0.05) is 42.2 Å². The molecule has 2 aromatic heterocycles. The van der Waals surface area contributed by atoms with Gasteiger partial charge >= 0.3 is 0 Å². The molecule has 2 heterocycles. The average Bonchev–Trinajstić information content (AvgIpc) is 3.17. The van der Waals surface area contributed by atoms with Gasteiger partial charge < -0.3 is 15.6 Å². The number of amides is 2. The van der Waals surface area contributed by atoms with Crippen molar-refractivity contribution in [3.8, 4) is 11.3 Å². The topological polar surface area (TPSA) is 86.9 Å². The van der Waals surface area contributed by atoms with E-state index in [0.29, 0.717) is 12.1 Å². The van der Waals surface area contributed by atoms with Gasteiger partial charge in [0.1, 0.15) is 5.82 Å². The zero-order chi connectivity index (χ0) is 22.3. The summed E-state index contributed by atoms with van der Waals surface area (Å²) in [6.07, 6.45) is 4.17. The Balaban J connectivity index is 1.36. The fourth-order valence-corrected chi connectivity index (χ4v) is 3.63. The Labute approximate surface area is 184 Å². The number of H-pyrrole nitrogens is 1. The lowest BCUT2D eigenvalue weighted by Gasteiger charge is -2.08. The van der Waals surface area contributed by atoms with Gasteiger partial charge in [-0.2, -0.15) is 0 Å².